The van der Waals surface area contributed by atoms with Crippen LogP contribution < -0.4 is 5.32 Å². The summed E-state index contributed by atoms with van der Waals surface area (Å²) in [6.07, 6.45) is 1.75. The lowest BCUT2D eigenvalue weighted by Crippen LogP contribution is -2.46. The fourth-order valence-corrected chi connectivity index (χ4v) is 4.47. The van der Waals surface area contributed by atoms with Crippen molar-refractivity contribution in [1.29, 1.82) is 0 Å². The lowest BCUT2D eigenvalue weighted by molar-refractivity contribution is -0.142. The Morgan fingerprint density at radius 3 is 2.53 bits per heavy atom. The van der Waals surface area contributed by atoms with Crippen LogP contribution in [0.5, 0.6) is 0 Å². The van der Waals surface area contributed by atoms with E-state index in [0.29, 0.717) is 17.9 Å². The van der Waals surface area contributed by atoms with Gasteiger partial charge >= 0.3 is 0 Å². The molecule has 30 heavy (non-hydrogen) atoms. The molecule has 3 heterocycles. The van der Waals surface area contributed by atoms with Crippen LogP contribution in [0.2, 0.25) is 0 Å². The van der Waals surface area contributed by atoms with Crippen LogP contribution >= 0.6 is 0 Å². The van der Waals surface area contributed by atoms with Crippen molar-refractivity contribution in [3.05, 3.63) is 46.9 Å². The first-order valence-corrected chi connectivity index (χ1v) is 10.5. The van der Waals surface area contributed by atoms with Gasteiger partial charge in [-0.2, -0.15) is 5.10 Å². The largest absolute Gasteiger partial charge is 0.327 e. The Labute approximate surface area is 175 Å². The van der Waals surface area contributed by atoms with Crippen molar-refractivity contribution in [2.24, 2.45) is 5.92 Å². The third-order valence-corrected chi connectivity index (χ3v) is 6.46. The Balaban J connectivity index is 1.50. The second-order valence-corrected chi connectivity index (χ2v) is 8.58. The number of carbonyl (C=O) groups is 2. The summed E-state index contributed by atoms with van der Waals surface area (Å²) in [4.78, 5) is 30.1. The number of H-pyrrole nitrogens is 1. The standard InChI is InChI=1S/C22H28FN5O2/c1-4-27-11-9-15(10-12-27)21(30)28-13-17-18(22(28,2)3)25-26-19(17)24-20(29)14-5-7-16(23)8-6-14/h5-8,15H,4,9-13H2,1-3H3,(H2,24,25,26,29). The number of halogens is 1. The van der Waals surface area contributed by atoms with Crippen molar-refractivity contribution >= 4 is 17.6 Å². The zero-order valence-electron chi connectivity index (χ0n) is 17.7. The molecule has 2 aliphatic rings. The number of aromatic nitrogens is 2. The molecule has 0 unspecified atom stereocenters. The van der Waals surface area contributed by atoms with Crippen molar-refractivity contribution in [3.63, 3.8) is 0 Å². The highest BCUT2D eigenvalue weighted by molar-refractivity contribution is 6.04. The van der Waals surface area contributed by atoms with Crippen LogP contribution in [0.4, 0.5) is 10.2 Å². The first-order chi connectivity index (χ1) is 14.3. The van der Waals surface area contributed by atoms with Gasteiger partial charge in [0.15, 0.2) is 5.82 Å². The predicted octanol–water partition coefficient (Wildman–Crippen LogP) is 3.11. The van der Waals surface area contributed by atoms with Gasteiger partial charge in [0.1, 0.15) is 5.82 Å². The van der Waals surface area contributed by atoms with Crippen LogP contribution in [0.3, 0.4) is 0 Å². The summed E-state index contributed by atoms with van der Waals surface area (Å²) < 4.78 is 13.1. The van der Waals surface area contributed by atoms with Gasteiger partial charge in [0.2, 0.25) is 5.91 Å². The molecule has 1 saturated heterocycles. The number of carbonyl (C=O) groups excluding carboxylic acids is 2. The number of aromatic amines is 1. The predicted molar refractivity (Wildman–Crippen MR) is 111 cm³/mol. The molecule has 0 spiro atoms. The highest BCUT2D eigenvalue weighted by atomic mass is 19.1. The molecule has 1 aromatic carbocycles. The van der Waals surface area contributed by atoms with Gasteiger partial charge in [-0.3, -0.25) is 14.7 Å². The molecule has 2 aromatic rings. The summed E-state index contributed by atoms with van der Waals surface area (Å²) in [5.74, 6) is -0.146. The second kappa shape index (κ2) is 7.83. The smallest absolute Gasteiger partial charge is 0.256 e. The highest BCUT2D eigenvalue weighted by Gasteiger charge is 2.45. The summed E-state index contributed by atoms with van der Waals surface area (Å²) in [6.45, 7) is 9.48. The van der Waals surface area contributed by atoms with Crippen LogP contribution in [0.1, 0.15) is 55.2 Å². The third-order valence-electron chi connectivity index (χ3n) is 6.46. The minimum absolute atomic E-state index is 0.0290. The Morgan fingerprint density at radius 1 is 1.23 bits per heavy atom. The second-order valence-electron chi connectivity index (χ2n) is 8.58. The topological polar surface area (TPSA) is 81.3 Å². The number of anilines is 1. The van der Waals surface area contributed by atoms with Crippen molar-refractivity contribution < 1.29 is 14.0 Å². The Bertz CT molecular complexity index is 945. The van der Waals surface area contributed by atoms with Crippen LogP contribution in [-0.2, 0) is 16.9 Å². The number of amides is 2. The van der Waals surface area contributed by atoms with Gasteiger partial charge in [0, 0.05) is 17.0 Å². The first kappa shape index (κ1) is 20.5. The van der Waals surface area contributed by atoms with Crippen molar-refractivity contribution in [1.82, 2.24) is 20.0 Å². The van der Waals surface area contributed by atoms with Gasteiger partial charge in [-0.05, 0) is 70.6 Å². The zero-order valence-corrected chi connectivity index (χ0v) is 17.7. The lowest BCUT2D eigenvalue weighted by Gasteiger charge is -2.37. The molecule has 2 aliphatic heterocycles. The molecule has 2 amide bonds. The molecule has 0 bridgehead atoms. The minimum atomic E-state index is -0.528. The molecule has 1 fully saturated rings. The fraction of sp³-hybridized carbons (Fsp3) is 0.500. The van der Waals surface area contributed by atoms with E-state index in [1.54, 1.807) is 0 Å². The molecule has 0 radical (unpaired) electrons. The first-order valence-electron chi connectivity index (χ1n) is 10.5. The molecule has 4 rings (SSSR count). The minimum Gasteiger partial charge on any atom is -0.327 e. The number of fused-ring (bicyclic) bond motifs is 1. The van der Waals surface area contributed by atoms with Crippen molar-refractivity contribution in [2.75, 3.05) is 25.0 Å². The SMILES string of the molecule is CCN1CCC(C(=O)N2Cc3c(NC(=O)c4ccc(F)cc4)n[nH]c3C2(C)C)CC1. The number of hydrogen-bond donors (Lipinski definition) is 2. The van der Waals surface area contributed by atoms with Gasteiger partial charge < -0.3 is 15.1 Å². The molecule has 0 saturated carbocycles. The van der Waals surface area contributed by atoms with Crippen LogP contribution in [0.15, 0.2) is 24.3 Å². The third kappa shape index (κ3) is 3.60. The monoisotopic (exact) mass is 413 g/mol. The number of hydrogen-bond acceptors (Lipinski definition) is 4. The number of benzene rings is 1. The Hall–Kier alpha value is -2.74. The maximum absolute atomic E-state index is 13.3. The molecule has 8 heteroatoms. The molecule has 1 aromatic heterocycles. The summed E-state index contributed by atoms with van der Waals surface area (Å²) >= 11 is 0. The van der Waals surface area contributed by atoms with E-state index in [1.165, 1.54) is 24.3 Å². The Kier molecular flexibility index (Phi) is 5.36. The number of nitrogens with zero attached hydrogens (tertiary/aromatic N) is 3. The van der Waals surface area contributed by atoms with Gasteiger partial charge in [0.25, 0.3) is 5.91 Å². The van der Waals surface area contributed by atoms with Crippen molar-refractivity contribution in [2.45, 2.75) is 45.7 Å². The summed E-state index contributed by atoms with van der Waals surface area (Å²) in [5, 5.41) is 10.1. The average Bonchev–Trinajstić information content (AvgIpc) is 3.26. The summed E-state index contributed by atoms with van der Waals surface area (Å²) in [7, 11) is 0. The maximum Gasteiger partial charge on any atom is 0.256 e. The van der Waals surface area contributed by atoms with Gasteiger partial charge in [-0.1, -0.05) is 6.92 Å². The van der Waals surface area contributed by atoms with E-state index in [2.05, 4.69) is 27.3 Å². The average molecular weight is 413 g/mol. The Morgan fingerprint density at radius 2 is 1.90 bits per heavy atom. The van der Waals surface area contributed by atoms with E-state index in [-0.39, 0.29) is 17.7 Å². The van der Waals surface area contributed by atoms with Gasteiger partial charge in [0.05, 0.1) is 17.8 Å². The number of nitrogens with one attached hydrogen (secondary N) is 2. The van der Waals surface area contributed by atoms with Crippen LogP contribution in [-0.4, -0.2) is 51.4 Å². The van der Waals surface area contributed by atoms with E-state index in [0.717, 1.165) is 43.7 Å². The van der Waals surface area contributed by atoms with Crippen molar-refractivity contribution in [3.8, 4) is 0 Å². The molecule has 7 nitrogen and oxygen atoms in total. The van der Waals surface area contributed by atoms with E-state index in [4.69, 9.17) is 0 Å². The highest BCUT2D eigenvalue weighted by Crippen LogP contribution is 2.42. The van der Waals surface area contributed by atoms with E-state index in [1.807, 2.05) is 18.7 Å². The van der Waals surface area contributed by atoms with Crippen LogP contribution in [0, 0.1) is 11.7 Å². The number of piperidine rings is 1. The molecule has 2 N–H and O–H groups in total. The van der Waals surface area contributed by atoms with Gasteiger partial charge in [-0.25, -0.2) is 4.39 Å². The van der Waals surface area contributed by atoms with Gasteiger partial charge in [-0.15, -0.1) is 0 Å². The molecular formula is C22H28FN5O2. The molecule has 160 valence electrons. The maximum atomic E-state index is 13.3. The summed E-state index contributed by atoms with van der Waals surface area (Å²) in [6, 6.07) is 5.36. The number of rotatable bonds is 4. The fourth-order valence-electron chi connectivity index (χ4n) is 4.47. The van der Waals surface area contributed by atoms with E-state index >= 15 is 0 Å². The normalized spacial score (nSPS) is 19.0. The lowest BCUT2D eigenvalue weighted by atomic mass is 9.93. The zero-order chi connectivity index (χ0) is 21.5. The quantitative estimate of drug-likeness (QED) is 0.807. The molecule has 0 atom stereocenters. The van der Waals surface area contributed by atoms with Crippen LogP contribution in [0.25, 0.3) is 0 Å². The molecule has 0 aliphatic carbocycles. The number of likely N-dealkylation sites (tertiary alicyclic amines) is 1. The molecular weight excluding hydrogens is 385 g/mol. The van der Waals surface area contributed by atoms with E-state index in [9.17, 15) is 14.0 Å². The summed E-state index contributed by atoms with van der Waals surface area (Å²) in [5.41, 5.74) is 1.49. The van der Waals surface area contributed by atoms with E-state index < -0.39 is 11.4 Å².